The number of nitrogens with one attached hydrogen (secondary N) is 1. The van der Waals surface area contributed by atoms with E-state index in [0.717, 1.165) is 10.7 Å². The smallest absolute Gasteiger partial charge is 0.183 e. The molecule has 0 aliphatic rings. The lowest BCUT2D eigenvalue weighted by atomic mass is 10.2. The highest BCUT2D eigenvalue weighted by molar-refractivity contribution is 9.09. The molecular formula is C7H17Br2N3. The Balaban J connectivity index is 0. The quantitative estimate of drug-likeness (QED) is 0.315. The predicted octanol–water partition coefficient (Wildman–Crippen LogP) is 2.18. The third-order valence-corrected chi connectivity index (χ3v) is 2.14. The molecule has 0 bridgehead atoms. The van der Waals surface area contributed by atoms with E-state index in [1.807, 2.05) is 0 Å². The van der Waals surface area contributed by atoms with Gasteiger partial charge in [-0.15, -0.1) is 0 Å². The van der Waals surface area contributed by atoms with Crippen molar-refractivity contribution < 1.29 is 0 Å². The van der Waals surface area contributed by atoms with Gasteiger partial charge in [-0.1, -0.05) is 44.7 Å². The Bertz CT molecular complexity index is 88.7. The Morgan fingerprint density at radius 1 is 0.917 bits per heavy atom. The number of alkyl halides is 2. The molecule has 0 radical (unpaired) electrons. The van der Waals surface area contributed by atoms with E-state index in [0.29, 0.717) is 0 Å². The highest BCUT2D eigenvalue weighted by Gasteiger charge is 1.84. The van der Waals surface area contributed by atoms with E-state index in [2.05, 4.69) is 43.3 Å². The maximum atomic E-state index is 6.06. The van der Waals surface area contributed by atoms with Crippen molar-refractivity contribution in [3.05, 3.63) is 0 Å². The van der Waals surface area contributed by atoms with Crippen LogP contribution in [0.2, 0.25) is 0 Å². The van der Waals surface area contributed by atoms with Gasteiger partial charge < -0.3 is 11.5 Å². The molecule has 0 aliphatic carbocycles. The number of guanidine groups is 1. The van der Waals surface area contributed by atoms with Crippen molar-refractivity contribution in [2.45, 2.75) is 25.7 Å². The number of unbranched alkanes of at least 4 members (excludes halogenated alkanes) is 3. The molecule has 0 heterocycles. The van der Waals surface area contributed by atoms with Gasteiger partial charge in [0.1, 0.15) is 0 Å². The summed E-state index contributed by atoms with van der Waals surface area (Å²) < 4.78 is 0. The minimum atomic E-state index is -0.333. The molecule has 0 rings (SSSR count). The first-order valence-electron chi connectivity index (χ1n) is 3.86. The molecule has 0 aromatic carbocycles. The monoisotopic (exact) mass is 301 g/mol. The zero-order valence-corrected chi connectivity index (χ0v) is 10.3. The molecule has 0 unspecified atom stereocenters. The highest BCUT2D eigenvalue weighted by Crippen LogP contribution is 2.02. The summed E-state index contributed by atoms with van der Waals surface area (Å²) in [5.41, 5.74) is 8.94. The van der Waals surface area contributed by atoms with Gasteiger partial charge in [0.05, 0.1) is 0 Å². The lowest BCUT2D eigenvalue weighted by molar-refractivity contribution is 0.715. The Hall–Kier alpha value is 0.230. The van der Waals surface area contributed by atoms with Crippen LogP contribution >= 0.6 is 31.9 Å². The summed E-state index contributed by atoms with van der Waals surface area (Å²) in [5, 5.41) is 8.38. The van der Waals surface area contributed by atoms with Crippen LogP contribution < -0.4 is 11.5 Å². The van der Waals surface area contributed by atoms with Gasteiger partial charge in [-0.05, 0) is 12.8 Å². The summed E-state index contributed by atoms with van der Waals surface area (Å²) in [7, 11) is 0. The van der Waals surface area contributed by atoms with Crippen LogP contribution in [0.5, 0.6) is 0 Å². The SMILES string of the molecule is BrCCCCCCBr.N=C(N)N. The molecule has 74 valence electrons. The van der Waals surface area contributed by atoms with E-state index in [-0.39, 0.29) is 5.96 Å². The van der Waals surface area contributed by atoms with E-state index < -0.39 is 0 Å². The van der Waals surface area contributed by atoms with Crippen LogP contribution in [0.25, 0.3) is 0 Å². The second kappa shape index (κ2) is 13.8. The van der Waals surface area contributed by atoms with Gasteiger partial charge in [0.15, 0.2) is 5.96 Å². The van der Waals surface area contributed by atoms with Crippen LogP contribution in [-0.4, -0.2) is 16.6 Å². The molecule has 0 spiro atoms. The molecule has 0 atom stereocenters. The van der Waals surface area contributed by atoms with E-state index in [1.165, 1.54) is 25.7 Å². The predicted molar refractivity (Wildman–Crippen MR) is 62.2 cm³/mol. The lowest BCUT2D eigenvalue weighted by Crippen LogP contribution is -2.20. The fraction of sp³-hybridized carbons (Fsp3) is 0.857. The zero-order valence-electron chi connectivity index (χ0n) is 7.15. The molecule has 5 N–H and O–H groups in total. The van der Waals surface area contributed by atoms with Crippen LogP contribution in [0.4, 0.5) is 0 Å². The first-order valence-corrected chi connectivity index (χ1v) is 6.10. The van der Waals surface area contributed by atoms with Crippen LogP contribution in [0.1, 0.15) is 25.7 Å². The third kappa shape index (κ3) is 31.9. The average Bonchev–Trinajstić information content (AvgIpc) is 1.97. The normalized spacial score (nSPS) is 8.50. The lowest BCUT2D eigenvalue weighted by Gasteiger charge is -1.92. The fourth-order valence-electron chi connectivity index (χ4n) is 0.543. The Morgan fingerprint density at radius 2 is 1.17 bits per heavy atom. The van der Waals surface area contributed by atoms with Crippen molar-refractivity contribution in [3.63, 3.8) is 0 Å². The maximum Gasteiger partial charge on any atom is 0.183 e. The maximum absolute atomic E-state index is 6.06. The number of hydrogen-bond donors (Lipinski definition) is 3. The second-order valence-electron chi connectivity index (χ2n) is 2.25. The molecule has 5 heteroatoms. The largest absolute Gasteiger partial charge is 0.370 e. The summed E-state index contributed by atoms with van der Waals surface area (Å²) in [4.78, 5) is 0. The summed E-state index contributed by atoms with van der Waals surface area (Å²) in [6.45, 7) is 0. The van der Waals surface area contributed by atoms with E-state index >= 15 is 0 Å². The Kier molecular flexibility index (Phi) is 16.9. The van der Waals surface area contributed by atoms with Crippen molar-refractivity contribution in [1.82, 2.24) is 0 Å². The molecule has 0 saturated heterocycles. The topological polar surface area (TPSA) is 75.9 Å². The van der Waals surface area contributed by atoms with E-state index in [9.17, 15) is 0 Å². The van der Waals surface area contributed by atoms with Crippen molar-refractivity contribution in [2.75, 3.05) is 10.7 Å². The molecule has 12 heavy (non-hydrogen) atoms. The highest BCUT2D eigenvalue weighted by atomic mass is 79.9. The zero-order chi connectivity index (χ0) is 9.82. The number of nitrogens with two attached hydrogens (primary N) is 2. The summed E-state index contributed by atoms with van der Waals surface area (Å²) >= 11 is 6.78. The fourth-order valence-corrected chi connectivity index (χ4v) is 1.34. The molecular weight excluding hydrogens is 286 g/mol. The Morgan fingerprint density at radius 3 is 1.33 bits per heavy atom. The second-order valence-corrected chi connectivity index (χ2v) is 3.83. The van der Waals surface area contributed by atoms with Crippen LogP contribution in [-0.2, 0) is 0 Å². The molecule has 0 amide bonds. The minimum Gasteiger partial charge on any atom is -0.370 e. The van der Waals surface area contributed by atoms with Gasteiger partial charge in [0.25, 0.3) is 0 Å². The van der Waals surface area contributed by atoms with E-state index in [4.69, 9.17) is 5.41 Å². The number of halogens is 2. The van der Waals surface area contributed by atoms with Crippen molar-refractivity contribution in [2.24, 2.45) is 11.5 Å². The van der Waals surface area contributed by atoms with Gasteiger partial charge >= 0.3 is 0 Å². The minimum absolute atomic E-state index is 0.333. The first-order chi connectivity index (χ1) is 5.65. The van der Waals surface area contributed by atoms with Gasteiger partial charge in [-0.3, -0.25) is 5.41 Å². The molecule has 3 nitrogen and oxygen atoms in total. The molecule has 0 aliphatic heterocycles. The first kappa shape index (κ1) is 14.7. The summed E-state index contributed by atoms with van der Waals surface area (Å²) in [6.07, 6.45) is 5.40. The van der Waals surface area contributed by atoms with Crippen LogP contribution in [0.15, 0.2) is 0 Å². The average molecular weight is 303 g/mol. The molecule has 0 aromatic rings. The van der Waals surface area contributed by atoms with E-state index in [1.54, 1.807) is 0 Å². The van der Waals surface area contributed by atoms with Gasteiger partial charge in [0, 0.05) is 10.7 Å². The van der Waals surface area contributed by atoms with Crippen molar-refractivity contribution in [1.29, 1.82) is 5.41 Å². The molecule has 0 aromatic heterocycles. The van der Waals surface area contributed by atoms with Crippen molar-refractivity contribution >= 4 is 37.8 Å². The molecule has 0 saturated carbocycles. The van der Waals surface area contributed by atoms with Gasteiger partial charge in [-0.25, -0.2) is 0 Å². The van der Waals surface area contributed by atoms with Crippen LogP contribution in [0, 0.1) is 5.41 Å². The number of hydrogen-bond acceptors (Lipinski definition) is 1. The Labute approximate surface area is 91.0 Å². The van der Waals surface area contributed by atoms with Crippen molar-refractivity contribution in [3.8, 4) is 0 Å². The molecule has 0 fully saturated rings. The van der Waals surface area contributed by atoms with Gasteiger partial charge in [-0.2, -0.15) is 0 Å². The third-order valence-electron chi connectivity index (χ3n) is 1.02. The van der Waals surface area contributed by atoms with Gasteiger partial charge in [0.2, 0.25) is 0 Å². The van der Waals surface area contributed by atoms with Crippen LogP contribution in [0.3, 0.4) is 0 Å². The number of rotatable bonds is 5. The summed E-state index contributed by atoms with van der Waals surface area (Å²) in [6, 6.07) is 0. The summed E-state index contributed by atoms with van der Waals surface area (Å²) in [5.74, 6) is -0.333. The standard InChI is InChI=1S/C6H12Br2.CH5N3/c7-5-3-1-2-4-6-8;2-1(3)4/h1-6H2;(H5,2,3,4).